The van der Waals surface area contributed by atoms with E-state index in [1.54, 1.807) is 60.7 Å². The largest absolute Gasteiger partial charge is 0.440 e. The van der Waals surface area contributed by atoms with Gasteiger partial charge in [-0.2, -0.15) is 11.8 Å². The highest BCUT2D eigenvalue weighted by atomic mass is 32.2. The van der Waals surface area contributed by atoms with Crippen molar-refractivity contribution in [2.45, 2.75) is 25.6 Å². The van der Waals surface area contributed by atoms with Crippen molar-refractivity contribution < 1.29 is 28.6 Å². The number of thioether (sulfide) groups is 1. The molecule has 30 heavy (non-hydrogen) atoms. The number of benzene rings is 2. The van der Waals surface area contributed by atoms with Crippen LogP contribution in [0.25, 0.3) is 0 Å². The van der Waals surface area contributed by atoms with E-state index in [-0.39, 0.29) is 0 Å². The summed E-state index contributed by atoms with van der Waals surface area (Å²) < 4.78 is 15.5. The van der Waals surface area contributed by atoms with Crippen LogP contribution in [0.2, 0.25) is 0 Å². The molecule has 0 fully saturated rings. The van der Waals surface area contributed by atoms with Crippen molar-refractivity contribution in [3.8, 4) is 11.5 Å². The van der Waals surface area contributed by atoms with Gasteiger partial charge in [0.2, 0.25) is 0 Å². The van der Waals surface area contributed by atoms with Gasteiger partial charge in [0.15, 0.2) is 6.23 Å². The zero-order valence-corrected chi connectivity index (χ0v) is 17.5. The standard InChI is InChI=1S/C21H24N2O6S/c1-15(22-20(25)28-16-9-5-3-6-10-16)27-19(24)18(13-14-30-2)23-21(26)29-17-11-7-4-8-12-17/h3-12,15,18H,13-14H2,1-2H3,(H,22,25)(H,23,26). The Balaban J connectivity index is 1.86. The van der Waals surface area contributed by atoms with Gasteiger partial charge in [0.05, 0.1) is 0 Å². The summed E-state index contributed by atoms with van der Waals surface area (Å²) in [5, 5.41) is 4.92. The number of nitrogens with one attached hydrogen (secondary N) is 2. The number of hydrogen-bond acceptors (Lipinski definition) is 7. The van der Waals surface area contributed by atoms with Gasteiger partial charge in [-0.15, -0.1) is 0 Å². The number of hydrogen-bond donors (Lipinski definition) is 2. The quantitative estimate of drug-likeness (QED) is 0.461. The molecule has 2 rings (SSSR count). The van der Waals surface area contributed by atoms with Crippen LogP contribution in [0.15, 0.2) is 60.7 Å². The molecule has 160 valence electrons. The molecule has 2 N–H and O–H groups in total. The molecule has 0 saturated heterocycles. The van der Waals surface area contributed by atoms with Crippen LogP contribution in [-0.4, -0.2) is 42.4 Å². The van der Waals surface area contributed by atoms with Crippen LogP contribution in [0.5, 0.6) is 11.5 Å². The fraction of sp³-hybridized carbons (Fsp3) is 0.286. The third-order valence-corrected chi connectivity index (χ3v) is 4.35. The third kappa shape index (κ3) is 8.44. The monoisotopic (exact) mass is 432 g/mol. The van der Waals surface area contributed by atoms with Crippen molar-refractivity contribution >= 4 is 29.9 Å². The van der Waals surface area contributed by atoms with E-state index in [0.717, 1.165) is 0 Å². The summed E-state index contributed by atoms with van der Waals surface area (Å²) in [6, 6.07) is 16.1. The molecule has 0 aliphatic heterocycles. The van der Waals surface area contributed by atoms with Crippen molar-refractivity contribution in [1.82, 2.24) is 10.6 Å². The molecule has 2 unspecified atom stereocenters. The van der Waals surface area contributed by atoms with Crippen molar-refractivity contribution in [2.24, 2.45) is 0 Å². The number of carbonyl (C=O) groups excluding carboxylic acids is 3. The highest BCUT2D eigenvalue weighted by Gasteiger charge is 2.25. The van der Waals surface area contributed by atoms with Crippen LogP contribution in [0, 0.1) is 0 Å². The highest BCUT2D eigenvalue weighted by Crippen LogP contribution is 2.11. The highest BCUT2D eigenvalue weighted by molar-refractivity contribution is 7.98. The third-order valence-electron chi connectivity index (χ3n) is 3.71. The first kappa shape index (κ1) is 23.1. The number of rotatable bonds is 9. The fourth-order valence-corrected chi connectivity index (χ4v) is 2.80. The predicted molar refractivity (Wildman–Crippen MR) is 114 cm³/mol. The molecule has 8 nitrogen and oxygen atoms in total. The molecule has 0 spiro atoms. The Kier molecular flexibility index (Phi) is 9.53. The molecule has 2 amide bonds. The van der Waals surface area contributed by atoms with Gasteiger partial charge >= 0.3 is 18.2 Å². The molecule has 0 aliphatic rings. The van der Waals surface area contributed by atoms with E-state index in [0.29, 0.717) is 23.7 Å². The van der Waals surface area contributed by atoms with Gasteiger partial charge in [0.25, 0.3) is 0 Å². The first-order valence-corrected chi connectivity index (χ1v) is 10.6. The molecule has 0 aliphatic carbocycles. The van der Waals surface area contributed by atoms with E-state index in [4.69, 9.17) is 14.2 Å². The van der Waals surface area contributed by atoms with Gasteiger partial charge in [-0.3, -0.25) is 5.32 Å². The summed E-state index contributed by atoms with van der Waals surface area (Å²) in [7, 11) is 0. The molecule has 2 aromatic carbocycles. The van der Waals surface area contributed by atoms with Crippen LogP contribution in [0.3, 0.4) is 0 Å². The van der Waals surface area contributed by atoms with Crippen molar-refractivity contribution in [3.05, 3.63) is 60.7 Å². The normalized spacial score (nSPS) is 12.2. The summed E-state index contributed by atoms with van der Waals surface area (Å²) in [5.41, 5.74) is 0. The molecular weight excluding hydrogens is 408 g/mol. The van der Waals surface area contributed by atoms with Crippen molar-refractivity contribution in [3.63, 3.8) is 0 Å². The average Bonchev–Trinajstić information content (AvgIpc) is 2.72. The maximum atomic E-state index is 12.5. The minimum atomic E-state index is -0.961. The van der Waals surface area contributed by atoms with Gasteiger partial charge in [-0.05, 0) is 49.6 Å². The van der Waals surface area contributed by atoms with E-state index in [9.17, 15) is 14.4 Å². The van der Waals surface area contributed by atoms with E-state index >= 15 is 0 Å². The molecule has 0 radical (unpaired) electrons. The van der Waals surface area contributed by atoms with Gasteiger partial charge in [0, 0.05) is 0 Å². The fourth-order valence-electron chi connectivity index (χ4n) is 2.33. The minimum Gasteiger partial charge on any atom is -0.440 e. The first-order valence-electron chi connectivity index (χ1n) is 9.24. The van der Waals surface area contributed by atoms with E-state index in [2.05, 4.69) is 10.6 Å². The summed E-state index contributed by atoms with van der Waals surface area (Å²) >= 11 is 1.52. The van der Waals surface area contributed by atoms with Crippen LogP contribution in [0.4, 0.5) is 9.59 Å². The Morgan fingerprint density at radius 2 is 1.37 bits per heavy atom. The zero-order valence-electron chi connectivity index (χ0n) is 16.7. The Hall–Kier alpha value is -3.20. The Labute approximate surface area is 179 Å². The molecule has 0 saturated carbocycles. The molecule has 0 bridgehead atoms. The Morgan fingerprint density at radius 3 is 1.87 bits per heavy atom. The van der Waals surface area contributed by atoms with Gasteiger partial charge in [-0.1, -0.05) is 36.4 Å². The van der Waals surface area contributed by atoms with Crippen LogP contribution >= 0.6 is 11.8 Å². The lowest BCUT2D eigenvalue weighted by molar-refractivity contribution is -0.151. The van der Waals surface area contributed by atoms with Gasteiger partial charge in [0.1, 0.15) is 17.5 Å². The number of para-hydroxylation sites is 2. The lowest BCUT2D eigenvalue weighted by Gasteiger charge is -2.20. The SMILES string of the molecule is CSCCC(NC(=O)Oc1ccccc1)C(=O)OC(C)NC(=O)Oc1ccccc1. The summed E-state index contributed by atoms with van der Waals surface area (Å²) in [4.78, 5) is 36.5. The number of amides is 2. The van der Waals surface area contributed by atoms with Gasteiger partial charge in [-0.25, -0.2) is 14.4 Å². The lowest BCUT2D eigenvalue weighted by atomic mass is 10.2. The maximum Gasteiger partial charge on any atom is 0.415 e. The van der Waals surface area contributed by atoms with E-state index in [1.807, 2.05) is 6.26 Å². The number of carbonyl (C=O) groups is 3. The van der Waals surface area contributed by atoms with Crippen LogP contribution in [-0.2, 0) is 9.53 Å². The second kappa shape index (κ2) is 12.4. The van der Waals surface area contributed by atoms with Crippen molar-refractivity contribution in [1.29, 1.82) is 0 Å². The lowest BCUT2D eigenvalue weighted by Crippen LogP contribution is -2.47. The summed E-state index contributed by atoms with van der Waals surface area (Å²) in [6.07, 6.45) is -0.274. The topological polar surface area (TPSA) is 103 Å². The average molecular weight is 432 g/mol. The molecule has 2 aromatic rings. The Bertz CT molecular complexity index is 819. The minimum absolute atomic E-state index is 0.338. The summed E-state index contributed by atoms with van der Waals surface area (Å²) in [6.45, 7) is 1.48. The first-order chi connectivity index (χ1) is 14.5. The maximum absolute atomic E-state index is 12.5. The van der Waals surface area contributed by atoms with Gasteiger partial charge < -0.3 is 19.5 Å². The van der Waals surface area contributed by atoms with Crippen LogP contribution in [0.1, 0.15) is 13.3 Å². The number of esters is 1. The molecule has 0 heterocycles. The van der Waals surface area contributed by atoms with Crippen molar-refractivity contribution in [2.75, 3.05) is 12.0 Å². The number of ether oxygens (including phenoxy) is 3. The molecular formula is C21H24N2O6S. The second-order valence-corrected chi connectivity index (χ2v) is 7.09. The van der Waals surface area contributed by atoms with E-state index < -0.39 is 30.4 Å². The molecule has 9 heteroatoms. The molecule has 0 aromatic heterocycles. The van der Waals surface area contributed by atoms with E-state index in [1.165, 1.54) is 18.7 Å². The molecule has 2 atom stereocenters. The van der Waals surface area contributed by atoms with Crippen LogP contribution < -0.4 is 20.1 Å². The Morgan fingerprint density at radius 1 is 0.867 bits per heavy atom. The summed E-state index contributed by atoms with van der Waals surface area (Å²) in [5.74, 6) is 0.632. The predicted octanol–water partition coefficient (Wildman–Crippen LogP) is 3.57. The second-order valence-electron chi connectivity index (χ2n) is 6.11. The smallest absolute Gasteiger partial charge is 0.415 e. The zero-order chi connectivity index (χ0) is 21.8.